The molecule has 13 nitrogen and oxygen atoms in total. The summed E-state index contributed by atoms with van der Waals surface area (Å²) in [5.41, 5.74) is -2.25. The van der Waals surface area contributed by atoms with Crippen molar-refractivity contribution >= 4 is 46.5 Å². The standard InChI is InChI=1S/C18H34O3.C17H32O2.C14H27NO3.C13H25NO3/c1-13(2)9-14(11-16(20)17(3,4)5)10-15(19)12-21-18(6,7)8;1-12(2)9-13(10-14(18)16(3,4)5)11-15(19)17(6,7)8;1-13(2,3)10-15(7)12(17)9-18-8-11(16)14(4,5)6;1-12(2,3)10(15)8-17-9-11(16)14(7)13(4,5)6/h13-14H,9-12H2,1-8H3;12-13H,9-11H2,1-8H3;8-10H2,1-7H3;8-9H2,1-7H3/t14-;;;/m1.../s1. The van der Waals surface area contributed by atoms with Crippen molar-refractivity contribution in [2.75, 3.05) is 53.7 Å². The minimum absolute atomic E-state index is 0.00139. The summed E-state index contributed by atoms with van der Waals surface area (Å²) >= 11 is 0. The number of ketones is 6. The molecule has 0 aromatic heterocycles. The van der Waals surface area contributed by atoms with Crippen LogP contribution < -0.4 is 0 Å². The van der Waals surface area contributed by atoms with E-state index in [2.05, 4.69) is 48.5 Å². The van der Waals surface area contributed by atoms with Gasteiger partial charge < -0.3 is 24.0 Å². The zero-order valence-corrected chi connectivity index (χ0v) is 54.2. The van der Waals surface area contributed by atoms with Gasteiger partial charge in [0.1, 0.15) is 50.4 Å². The smallest absolute Gasteiger partial charge is 0.248 e. The number of carbonyl (C=O) groups excluding carboxylic acids is 8. The molecular weight excluding hydrogens is 949 g/mol. The highest BCUT2D eigenvalue weighted by Gasteiger charge is 2.31. The first kappa shape index (κ1) is 78.3. The minimum atomic E-state index is -0.418. The first-order valence-electron chi connectivity index (χ1n) is 27.5. The predicted molar refractivity (Wildman–Crippen MR) is 309 cm³/mol. The van der Waals surface area contributed by atoms with Crippen LogP contribution in [0.4, 0.5) is 0 Å². The molecule has 0 saturated heterocycles. The lowest BCUT2D eigenvalue weighted by Crippen LogP contribution is -2.44. The molecule has 0 N–H and O–H groups in total. The number of nitrogens with zero attached hydrogens (tertiary/aromatic N) is 2. The first-order chi connectivity index (χ1) is 33.0. The van der Waals surface area contributed by atoms with E-state index >= 15 is 0 Å². The van der Waals surface area contributed by atoms with Crippen molar-refractivity contribution in [1.29, 1.82) is 0 Å². The summed E-state index contributed by atoms with van der Waals surface area (Å²) in [6.07, 6.45) is 3.85. The van der Waals surface area contributed by atoms with Crippen LogP contribution in [0, 0.1) is 56.2 Å². The van der Waals surface area contributed by atoms with Gasteiger partial charge in [-0.05, 0) is 83.5 Å². The molecule has 0 aliphatic rings. The molecule has 0 spiro atoms. The molecule has 0 heterocycles. The monoisotopic (exact) mass is 1070 g/mol. The van der Waals surface area contributed by atoms with E-state index in [0.29, 0.717) is 44.1 Å². The number of hydrogen-bond donors (Lipinski definition) is 0. The lowest BCUT2D eigenvalue weighted by Gasteiger charge is -2.32. The van der Waals surface area contributed by atoms with E-state index in [9.17, 15) is 38.4 Å². The lowest BCUT2D eigenvalue weighted by molar-refractivity contribution is -0.142. The highest BCUT2D eigenvalue weighted by atomic mass is 16.5. The SMILES string of the molecule is CC(C)CC(CC(=O)C(C)(C)C)CC(=O)C(C)(C)C.CC(C)C[C@H](CC(=O)COC(C)(C)C)CC(=O)C(C)(C)C.CN(C(=O)COCC(=O)C(C)(C)C)C(C)(C)C.CN(CC(C)(C)C)C(=O)COCC(=O)C(C)(C)C. The number of hydrogen-bond acceptors (Lipinski definition) is 11. The second kappa shape index (κ2) is 33.3. The third kappa shape index (κ3) is 43.5. The summed E-state index contributed by atoms with van der Waals surface area (Å²) in [6, 6.07) is 0. The van der Waals surface area contributed by atoms with Gasteiger partial charge in [-0.3, -0.25) is 38.4 Å². The molecule has 0 aliphatic heterocycles. The lowest BCUT2D eigenvalue weighted by atomic mass is 9.78. The van der Waals surface area contributed by atoms with Crippen molar-refractivity contribution in [2.24, 2.45) is 56.2 Å². The van der Waals surface area contributed by atoms with Crippen LogP contribution >= 0.6 is 0 Å². The van der Waals surface area contributed by atoms with Gasteiger partial charge >= 0.3 is 0 Å². The highest BCUT2D eigenvalue weighted by molar-refractivity contribution is 5.88. The molecule has 13 heteroatoms. The summed E-state index contributed by atoms with van der Waals surface area (Å²) in [6.45, 7) is 55.7. The molecule has 2 amide bonds. The fourth-order valence-corrected chi connectivity index (χ4v) is 6.47. The predicted octanol–water partition coefficient (Wildman–Crippen LogP) is 13.1. The van der Waals surface area contributed by atoms with Crippen molar-refractivity contribution in [3.05, 3.63) is 0 Å². The molecule has 0 fully saturated rings. The fourth-order valence-electron chi connectivity index (χ4n) is 6.47. The number of likely N-dealkylation sites (N-methyl/N-ethyl adjacent to an activating group) is 2. The van der Waals surface area contributed by atoms with Gasteiger partial charge in [-0.1, -0.05) is 152 Å². The molecular formula is C62H118N2O11. The fraction of sp³-hybridized carbons (Fsp3) is 0.871. The van der Waals surface area contributed by atoms with Crippen molar-refractivity contribution in [2.45, 2.75) is 244 Å². The van der Waals surface area contributed by atoms with Crippen molar-refractivity contribution in [3.63, 3.8) is 0 Å². The third-order valence-corrected chi connectivity index (χ3v) is 11.8. The Kier molecular flexibility index (Phi) is 34.8. The van der Waals surface area contributed by atoms with Gasteiger partial charge in [0.2, 0.25) is 11.8 Å². The Morgan fingerprint density at radius 1 is 0.387 bits per heavy atom. The molecule has 0 unspecified atom stereocenters. The van der Waals surface area contributed by atoms with Crippen LogP contribution in [-0.2, 0) is 52.6 Å². The van der Waals surface area contributed by atoms with Crippen LogP contribution in [0.25, 0.3) is 0 Å². The van der Waals surface area contributed by atoms with E-state index < -0.39 is 10.8 Å². The largest absolute Gasteiger partial charge is 0.368 e. The van der Waals surface area contributed by atoms with Gasteiger partial charge in [0.25, 0.3) is 0 Å². The van der Waals surface area contributed by atoms with Gasteiger partial charge in [-0.25, -0.2) is 0 Å². The Balaban J connectivity index is -0.000000449. The molecule has 0 aliphatic carbocycles. The molecule has 0 radical (unpaired) electrons. The van der Waals surface area contributed by atoms with Crippen LogP contribution in [0.15, 0.2) is 0 Å². The number of carbonyl (C=O) groups is 8. The average Bonchev–Trinajstić information content (AvgIpc) is 3.16. The summed E-state index contributed by atoms with van der Waals surface area (Å²) in [4.78, 5) is 98.5. The van der Waals surface area contributed by atoms with Gasteiger partial charge in [-0.2, -0.15) is 0 Å². The maximum Gasteiger partial charge on any atom is 0.248 e. The number of rotatable bonds is 23. The van der Waals surface area contributed by atoms with Crippen LogP contribution in [0.5, 0.6) is 0 Å². The van der Waals surface area contributed by atoms with Gasteiger partial charge in [-0.15, -0.1) is 0 Å². The summed E-state index contributed by atoms with van der Waals surface area (Å²) < 4.78 is 15.9. The van der Waals surface area contributed by atoms with Crippen molar-refractivity contribution in [3.8, 4) is 0 Å². The topological polar surface area (TPSA) is 171 Å². The van der Waals surface area contributed by atoms with E-state index in [1.807, 2.05) is 145 Å². The van der Waals surface area contributed by atoms with Gasteiger partial charge in [0.15, 0.2) is 17.3 Å². The maximum atomic E-state index is 12.2. The summed E-state index contributed by atoms with van der Waals surface area (Å²) in [7, 11) is 3.49. The second-order valence-electron chi connectivity index (χ2n) is 30.0. The molecule has 442 valence electrons. The van der Waals surface area contributed by atoms with Gasteiger partial charge in [0, 0.05) is 78.9 Å². The Morgan fingerprint density at radius 2 is 0.680 bits per heavy atom. The van der Waals surface area contributed by atoms with Crippen molar-refractivity contribution < 1.29 is 52.6 Å². The first-order valence-corrected chi connectivity index (χ1v) is 27.5. The molecule has 0 aromatic rings. The van der Waals surface area contributed by atoms with E-state index in [1.54, 1.807) is 23.9 Å². The second-order valence-corrected chi connectivity index (χ2v) is 30.0. The van der Waals surface area contributed by atoms with E-state index in [1.165, 1.54) is 0 Å². The molecule has 0 rings (SSSR count). The molecule has 0 aromatic carbocycles. The highest BCUT2D eigenvalue weighted by Crippen LogP contribution is 2.30. The Bertz CT molecular complexity index is 1730. The number of ether oxygens (including phenoxy) is 3. The number of Topliss-reactive ketones (excluding diaryl/α,β-unsaturated/α-hetero) is 6. The number of amides is 2. The molecule has 0 saturated carbocycles. The molecule has 0 bridgehead atoms. The molecule has 1 atom stereocenters. The van der Waals surface area contributed by atoms with Crippen LogP contribution in [0.1, 0.15) is 232 Å². The van der Waals surface area contributed by atoms with E-state index in [0.717, 1.165) is 12.8 Å². The Morgan fingerprint density at radius 3 is 0.933 bits per heavy atom. The summed E-state index contributed by atoms with van der Waals surface area (Å²) in [5, 5.41) is 0. The van der Waals surface area contributed by atoms with Crippen LogP contribution in [0.2, 0.25) is 0 Å². The quantitative estimate of drug-likeness (QED) is 0.0954. The zero-order valence-electron chi connectivity index (χ0n) is 54.2. The maximum absolute atomic E-state index is 12.2. The normalized spacial score (nSPS) is 13.1. The summed E-state index contributed by atoms with van der Waals surface area (Å²) in [5.74, 6) is 1.99. The van der Waals surface area contributed by atoms with Crippen LogP contribution in [0.3, 0.4) is 0 Å². The van der Waals surface area contributed by atoms with Crippen molar-refractivity contribution in [1.82, 2.24) is 9.80 Å². The van der Waals surface area contributed by atoms with E-state index in [-0.39, 0.29) is 124 Å². The van der Waals surface area contributed by atoms with E-state index in [4.69, 9.17) is 14.2 Å². The minimum Gasteiger partial charge on any atom is -0.368 e. The average molecular weight is 1070 g/mol. The van der Waals surface area contributed by atoms with Crippen LogP contribution in [-0.4, -0.2) is 121 Å². The Labute approximate surface area is 460 Å². The third-order valence-electron chi connectivity index (χ3n) is 11.8. The van der Waals surface area contributed by atoms with Gasteiger partial charge in [0.05, 0.1) is 5.60 Å². The Hall–Kier alpha value is -3.16. The zero-order chi connectivity index (χ0) is 60.7. The molecule has 75 heavy (non-hydrogen) atoms.